The van der Waals surface area contributed by atoms with E-state index in [2.05, 4.69) is 9.97 Å². The first-order valence-corrected chi connectivity index (χ1v) is 6.46. The van der Waals surface area contributed by atoms with Crippen molar-refractivity contribution in [1.82, 2.24) is 9.97 Å². The predicted molar refractivity (Wildman–Crippen MR) is 77.2 cm³/mol. The minimum atomic E-state index is -0.538. The molecule has 0 spiro atoms. The van der Waals surface area contributed by atoms with Gasteiger partial charge in [0.15, 0.2) is 0 Å². The van der Waals surface area contributed by atoms with Crippen LogP contribution in [-0.4, -0.2) is 14.9 Å². The Kier molecular flexibility index (Phi) is 3.59. The molecule has 20 heavy (non-hydrogen) atoms. The van der Waals surface area contributed by atoms with Gasteiger partial charge in [-0.25, -0.2) is 4.98 Å². The van der Waals surface area contributed by atoms with Crippen LogP contribution in [0.1, 0.15) is 31.8 Å². The lowest BCUT2D eigenvalue weighted by molar-refractivity contribution is -0.384. The number of rotatable bonds is 4. The highest BCUT2D eigenvalue weighted by molar-refractivity contribution is 5.65. The molecule has 0 fully saturated rings. The first-order valence-electron chi connectivity index (χ1n) is 6.46. The Balaban J connectivity index is 2.49. The van der Waals surface area contributed by atoms with Gasteiger partial charge < -0.3 is 10.7 Å². The molecule has 1 aromatic carbocycles. The molecule has 0 saturated heterocycles. The molecule has 0 saturated carbocycles. The highest BCUT2D eigenvalue weighted by Gasteiger charge is 2.24. The van der Waals surface area contributed by atoms with Gasteiger partial charge >= 0.3 is 0 Å². The van der Waals surface area contributed by atoms with E-state index in [0.717, 1.165) is 12.1 Å². The van der Waals surface area contributed by atoms with Crippen LogP contribution in [0.3, 0.4) is 0 Å². The summed E-state index contributed by atoms with van der Waals surface area (Å²) in [6.45, 7) is 5.78. The molecule has 6 nitrogen and oxygen atoms in total. The number of aromatic amines is 1. The summed E-state index contributed by atoms with van der Waals surface area (Å²) in [6.07, 6.45) is 0.744. The maximum Gasteiger partial charge on any atom is 0.270 e. The smallest absolute Gasteiger partial charge is 0.270 e. The van der Waals surface area contributed by atoms with Gasteiger partial charge in [-0.3, -0.25) is 10.1 Å². The molecular weight excluding hydrogens is 256 g/mol. The minimum Gasteiger partial charge on any atom is -0.344 e. The zero-order chi connectivity index (χ0) is 14.9. The Hall–Kier alpha value is -2.21. The van der Waals surface area contributed by atoms with E-state index in [1.165, 1.54) is 12.1 Å². The number of non-ortho nitro benzene ring substituents is 1. The number of imidazole rings is 1. The van der Waals surface area contributed by atoms with Gasteiger partial charge in [-0.05, 0) is 20.3 Å². The van der Waals surface area contributed by atoms with Crippen LogP contribution in [0.15, 0.2) is 24.3 Å². The Morgan fingerprint density at radius 1 is 1.50 bits per heavy atom. The number of aromatic nitrogens is 2. The minimum absolute atomic E-state index is 0.0532. The number of hydrogen-bond donors (Lipinski definition) is 2. The summed E-state index contributed by atoms with van der Waals surface area (Å²) < 4.78 is 0. The Labute approximate surface area is 117 Å². The second kappa shape index (κ2) is 5.05. The molecule has 3 N–H and O–H groups in total. The van der Waals surface area contributed by atoms with Crippen LogP contribution in [0.4, 0.5) is 5.69 Å². The highest BCUT2D eigenvalue weighted by atomic mass is 16.6. The standard InChI is InChI=1S/C14H18N4O2/c1-4-14(3,15)13-16-9(2)12(17-13)10-6-5-7-11(8-10)18(19)20/h5-8H,4,15H2,1-3H3,(H,16,17). The van der Waals surface area contributed by atoms with Crippen LogP contribution in [0.5, 0.6) is 0 Å². The molecule has 1 unspecified atom stereocenters. The number of nitro groups is 1. The van der Waals surface area contributed by atoms with E-state index in [-0.39, 0.29) is 5.69 Å². The largest absolute Gasteiger partial charge is 0.344 e. The van der Waals surface area contributed by atoms with Crippen LogP contribution < -0.4 is 5.73 Å². The third kappa shape index (κ3) is 2.55. The second-order valence-electron chi connectivity index (χ2n) is 5.14. The van der Waals surface area contributed by atoms with Gasteiger partial charge in [-0.1, -0.05) is 19.1 Å². The van der Waals surface area contributed by atoms with Crippen LogP contribution >= 0.6 is 0 Å². The third-order valence-corrected chi connectivity index (χ3v) is 3.49. The first kappa shape index (κ1) is 14.2. The summed E-state index contributed by atoms with van der Waals surface area (Å²) >= 11 is 0. The molecule has 2 aromatic rings. The normalized spacial score (nSPS) is 14.0. The molecule has 1 atom stereocenters. The van der Waals surface area contributed by atoms with Gasteiger partial charge in [0.25, 0.3) is 5.69 Å². The zero-order valence-corrected chi connectivity index (χ0v) is 11.8. The lowest BCUT2D eigenvalue weighted by Crippen LogP contribution is -2.33. The fourth-order valence-corrected chi connectivity index (χ4v) is 1.95. The average Bonchev–Trinajstić information content (AvgIpc) is 2.81. The average molecular weight is 274 g/mol. The maximum absolute atomic E-state index is 10.8. The number of H-pyrrole nitrogens is 1. The molecule has 0 aliphatic rings. The molecule has 0 amide bonds. The monoisotopic (exact) mass is 274 g/mol. The van der Waals surface area contributed by atoms with Crippen molar-refractivity contribution in [3.63, 3.8) is 0 Å². The number of hydrogen-bond acceptors (Lipinski definition) is 4. The number of nitrogens with zero attached hydrogens (tertiary/aromatic N) is 2. The van der Waals surface area contributed by atoms with E-state index in [0.29, 0.717) is 17.1 Å². The van der Waals surface area contributed by atoms with Gasteiger partial charge in [0.05, 0.1) is 16.2 Å². The van der Waals surface area contributed by atoms with E-state index < -0.39 is 10.5 Å². The molecule has 1 heterocycles. The summed E-state index contributed by atoms with van der Waals surface area (Å²) in [4.78, 5) is 18.1. The number of benzene rings is 1. The molecule has 0 bridgehead atoms. The Morgan fingerprint density at radius 3 is 2.80 bits per heavy atom. The number of nitrogens with one attached hydrogen (secondary N) is 1. The molecule has 0 radical (unpaired) electrons. The highest BCUT2D eigenvalue weighted by Crippen LogP contribution is 2.28. The van der Waals surface area contributed by atoms with E-state index in [4.69, 9.17) is 5.73 Å². The quantitative estimate of drug-likeness (QED) is 0.661. The SMILES string of the molecule is CCC(C)(N)c1nc(-c2cccc([N+](=O)[O-])c2)c(C)[nH]1. The van der Waals surface area contributed by atoms with Crippen molar-refractivity contribution in [2.75, 3.05) is 0 Å². The fourth-order valence-electron chi connectivity index (χ4n) is 1.95. The lowest BCUT2D eigenvalue weighted by Gasteiger charge is -2.19. The summed E-state index contributed by atoms with van der Waals surface area (Å²) in [5.74, 6) is 0.694. The topological polar surface area (TPSA) is 97.8 Å². The van der Waals surface area contributed by atoms with E-state index in [9.17, 15) is 10.1 Å². The molecule has 0 aliphatic carbocycles. The zero-order valence-electron chi connectivity index (χ0n) is 11.8. The van der Waals surface area contributed by atoms with Gasteiger partial charge in [0, 0.05) is 23.4 Å². The Morgan fingerprint density at radius 2 is 2.20 bits per heavy atom. The maximum atomic E-state index is 10.8. The summed E-state index contributed by atoms with van der Waals surface area (Å²) in [6, 6.07) is 6.45. The van der Waals surface area contributed by atoms with E-state index in [1.807, 2.05) is 20.8 Å². The second-order valence-corrected chi connectivity index (χ2v) is 5.14. The molecule has 106 valence electrons. The summed E-state index contributed by atoms with van der Waals surface area (Å²) in [5.41, 5.74) is 7.96. The van der Waals surface area contributed by atoms with Crippen LogP contribution in [0.25, 0.3) is 11.3 Å². The lowest BCUT2D eigenvalue weighted by atomic mass is 10.00. The summed E-state index contributed by atoms with van der Waals surface area (Å²) in [5, 5.41) is 10.8. The van der Waals surface area contributed by atoms with Gasteiger partial charge in [-0.2, -0.15) is 0 Å². The predicted octanol–water partition coefficient (Wildman–Crippen LogP) is 2.88. The molecule has 6 heteroatoms. The van der Waals surface area contributed by atoms with E-state index >= 15 is 0 Å². The number of nitro benzene ring substituents is 1. The van der Waals surface area contributed by atoms with Crippen molar-refractivity contribution in [1.29, 1.82) is 0 Å². The fraction of sp³-hybridized carbons (Fsp3) is 0.357. The number of nitrogens with two attached hydrogens (primary N) is 1. The van der Waals surface area contributed by atoms with Crippen molar-refractivity contribution in [2.24, 2.45) is 5.73 Å². The molecular formula is C14H18N4O2. The van der Waals surface area contributed by atoms with Crippen molar-refractivity contribution in [2.45, 2.75) is 32.7 Å². The molecule has 0 aliphatic heterocycles. The van der Waals surface area contributed by atoms with Gasteiger partial charge in [-0.15, -0.1) is 0 Å². The Bertz CT molecular complexity index is 646. The van der Waals surface area contributed by atoms with E-state index in [1.54, 1.807) is 12.1 Å². The van der Waals surface area contributed by atoms with Crippen molar-refractivity contribution in [3.05, 3.63) is 45.9 Å². The number of aryl methyl sites for hydroxylation is 1. The van der Waals surface area contributed by atoms with Crippen LogP contribution in [-0.2, 0) is 5.54 Å². The van der Waals surface area contributed by atoms with Gasteiger partial charge in [0.1, 0.15) is 5.82 Å². The third-order valence-electron chi connectivity index (χ3n) is 3.49. The molecule has 2 rings (SSSR count). The summed E-state index contributed by atoms with van der Waals surface area (Å²) in [7, 11) is 0. The first-order chi connectivity index (χ1) is 9.35. The van der Waals surface area contributed by atoms with Crippen LogP contribution in [0.2, 0.25) is 0 Å². The van der Waals surface area contributed by atoms with Gasteiger partial charge in [0.2, 0.25) is 0 Å². The van der Waals surface area contributed by atoms with Crippen LogP contribution in [0, 0.1) is 17.0 Å². The van der Waals surface area contributed by atoms with Crippen molar-refractivity contribution < 1.29 is 4.92 Å². The van der Waals surface area contributed by atoms with Crippen molar-refractivity contribution in [3.8, 4) is 11.3 Å². The van der Waals surface area contributed by atoms with Crippen molar-refractivity contribution >= 4 is 5.69 Å². The molecule has 1 aromatic heterocycles.